The standard InChI is InChI=1S/C14H22ClNO/c1-2-3-8-17-9-7-14(16)11-12-5-4-6-13(15)10-12/h4-6,10,14H,2-3,7-9,11,16H2,1H3. The number of hydrogen-bond donors (Lipinski definition) is 1. The zero-order valence-electron chi connectivity index (χ0n) is 10.5. The molecular formula is C14H22ClNO. The van der Waals surface area contributed by atoms with Crippen LogP contribution in [-0.2, 0) is 11.2 Å². The molecule has 0 aliphatic rings. The molecule has 0 saturated carbocycles. The van der Waals surface area contributed by atoms with E-state index in [1.165, 1.54) is 12.0 Å². The van der Waals surface area contributed by atoms with Crippen molar-refractivity contribution in [3.05, 3.63) is 34.9 Å². The molecule has 0 saturated heterocycles. The van der Waals surface area contributed by atoms with E-state index in [9.17, 15) is 0 Å². The normalized spacial score (nSPS) is 12.6. The monoisotopic (exact) mass is 255 g/mol. The Morgan fingerprint density at radius 3 is 2.88 bits per heavy atom. The average Bonchev–Trinajstić information content (AvgIpc) is 2.29. The highest BCUT2D eigenvalue weighted by Crippen LogP contribution is 2.12. The molecule has 1 aromatic rings. The molecule has 2 N–H and O–H groups in total. The van der Waals surface area contributed by atoms with Gasteiger partial charge in [-0.15, -0.1) is 0 Å². The second kappa shape index (κ2) is 8.51. The van der Waals surface area contributed by atoms with E-state index in [1.807, 2.05) is 18.2 Å². The molecule has 0 aromatic heterocycles. The SMILES string of the molecule is CCCCOCCC(N)Cc1cccc(Cl)c1. The van der Waals surface area contributed by atoms with E-state index in [4.69, 9.17) is 22.1 Å². The van der Waals surface area contributed by atoms with Crippen LogP contribution in [0.1, 0.15) is 31.7 Å². The maximum Gasteiger partial charge on any atom is 0.0480 e. The lowest BCUT2D eigenvalue weighted by Crippen LogP contribution is -2.24. The molecule has 0 aliphatic heterocycles. The number of nitrogens with two attached hydrogens (primary N) is 1. The summed E-state index contributed by atoms with van der Waals surface area (Å²) in [5, 5.41) is 0.772. The molecule has 0 radical (unpaired) electrons. The van der Waals surface area contributed by atoms with E-state index in [1.54, 1.807) is 0 Å². The maximum absolute atomic E-state index is 6.05. The summed E-state index contributed by atoms with van der Waals surface area (Å²) in [6, 6.07) is 8.02. The number of halogens is 1. The van der Waals surface area contributed by atoms with Crippen molar-refractivity contribution in [1.29, 1.82) is 0 Å². The first-order valence-corrected chi connectivity index (χ1v) is 6.68. The molecule has 0 bridgehead atoms. The fourth-order valence-corrected chi connectivity index (χ4v) is 1.86. The zero-order valence-corrected chi connectivity index (χ0v) is 11.2. The summed E-state index contributed by atoms with van der Waals surface area (Å²) in [6.07, 6.45) is 4.06. The Balaban J connectivity index is 2.18. The van der Waals surface area contributed by atoms with Gasteiger partial charge in [0.25, 0.3) is 0 Å². The van der Waals surface area contributed by atoms with Gasteiger partial charge in [-0.25, -0.2) is 0 Å². The minimum absolute atomic E-state index is 0.148. The van der Waals surface area contributed by atoms with Crippen molar-refractivity contribution in [2.45, 2.75) is 38.6 Å². The molecule has 1 rings (SSSR count). The summed E-state index contributed by atoms with van der Waals surface area (Å²) >= 11 is 5.92. The Labute approximate surface area is 109 Å². The van der Waals surface area contributed by atoms with Crippen LogP contribution in [0.4, 0.5) is 0 Å². The third-order valence-corrected chi connectivity index (χ3v) is 2.90. The van der Waals surface area contributed by atoms with Gasteiger partial charge in [-0.05, 0) is 37.0 Å². The van der Waals surface area contributed by atoms with Gasteiger partial charge in [-0.3, -0.25) is 0 Å². The molecule has 3 heteroatoms. The quantitative estimate of drug-likeness (QED) is 0.723. The highest BCUT2D eigenvalue weighted by Gasteiger charge is 2.04. The predicted octanol–water partition coefficient (Wildman–Crippen LogP) is 3.42. The molecule has 2 nitrogen and oxygen atoms in total. The van der Waals surface area contributed by atoms with Gasteiger partial charge in [0.2, 0.25) is 0 Å². The van der Waals surface area contributed by atoms with Crippen LogP contribution in [0.15, 0.2) is 24.3 Å². The first kappa shape index (κ1) is 14.5. The third-order valence-electron chi connectivity index (χ3n) is 2.66. The molecule has 1 aromatic carbocycles. The topological polar surface area (TPSA) is 35.2 Å². The van der Waals surface area contributed by atoms with Crippen molar-refractivity contribution >= 4 is 11.6 Å². The molecule has 0 fully saturated rings. The van der Waals surface area contributed by atoms with E-state index in [-0.39, 0.29) is 6.04 Å². The first-order chi connectivity index (χ1) is 8.22. The summed E-state index contributed by atoms with van der Waals surface area (Å²) in [5.41, 5.74) is 7.24. The third kappa shape index (κ3) is 6.67. The lowest BCUT2D eigenvalue weighted by Gasteiger charge is -2.12. The van der Waals surface area contributed by atoms with Gasteiger partial charge in [0.15, 0.2) is 0 Å². The Morgan fingerprint density at radius 1 is 1.35 bits per heavy atom. The molecular weight excluding hydrogens is 234 g/mol. The molecule has 17 heavy (non-hydrogen) atoms. The summed E-state index contributed by atoms with van der Waals surface area (Å²) in [6.45, 7) is 3.76. The van der Waals surface area contributed by atoms with E-state index < -0.39 is 0 Å². The zero-order chi connectivity index (χ0) is 12.5. The molecule has 1 atom stereocenters. The Kier molecular flexibility index (Phi) is 7.25. The number of ether oxygens (including phenoxy) is 1. The maximum atomic E-state index is 6.05. The molecule has 0 spiro atoms. The summed E-state index contributed by atoms with van der Waals surface area (Å²) in [5.74, 6) is 0. The van der Waals surface area contributed by atoms with Crippen LogP contribution in [0.25, 0.3) is 0 Å². The van der Waals surface area contributed by atoms with Crippen molar-refractivity contribution < 1.29 is 4.74 Å². The van der Waals surface area contributed by atoms with Crippen LogP contribution in [-0.4, -0.2) is 19.3 Å². The lowest BCUT2D eigenvalue weighted by atomic mass is 10.0. The van der Waals surface area contributed by atoms with Crippen molar-refractivity contribution in [2.75, 3.05) is 13.2 Å². The van der Waals surface area contributed by atoms with Crippen LogP contribution in [0.2, 0.25) is 5.02 Å². The van der Waals surface area contributed by atoms with Gasteiger partial charge in [0.1, 0.15) is 0 Å². The first-order valence-electron chi connectivity index (χ1n) is 6.30. The van der Waals surface area contributed by atoms with Crippen molar-refractivity contribution in [2.24, 2.45) is 5.73 Å². The summed E-state index contributed by atoms with van der Waals surface area (Å²) in [7, 11) is 0. The van der Waals surface area contributed by atoms with Gasteiger partial charge in [-0.1, -0.05) is 37.1 Å². The molecule has 1 unspecified atom stereocenters. The number of hydrogen-bond acceptors (Lipinski definition) is 2. The van der Waals surface area contributed by atoms with Crippen molar-refractivity contribution in [1.82, 2.24) is 0 Å². The Bertz CT molecular complexity index is 317. The second-order valence-electron chi connectivity index (χ2n) is 4.35. The van der Waals surface area contributed by atoms with Crippen LogP contribution in [0, 0.1) is 0 Å². The highest BCUT2D eigenvalue weighted by molar-refractivity contribution is 6.30. The Morgan fingerprint density at radius 2 is 2.18 bits per heavy atom. The van der Waals surface area contributed by atoms with E-state index in [0.29, 0.717) is 0 Å². The smallest absolute Gasteiger partial charge is 0.0480 e. The van der Waals surface area contributed by atoms with Crippen LogP contribution in [0.5, 0.6) is 0 Å². The Hall–Kier alpha value is -0.570. The fraction of sp³-hybridized carbons (Fsp3) is 0.571. The van der Waals surface area contributed by atoms with E-state index in [2.05, 4.69) is 13.0 Å². The minimum Gasteiger partial charge on any atom is -0.381 e. The van der Waals surface area contributed by atoms with Gasteiger partial charge in [-0.2, -0.15) is 0 Å². The molecule has 0 aliphatic carbocycles. The van der Waals surface area contributed by atoms with Crippen LogP contribution >= 0.6 is 11.6 Å². The van der Waals surface area contributed by atoms with E-state index >= 15 is 0 Å². The van der Waals surface area contributed by atoms with Crippen LogP contribution in [0.3, 0.4) is 0 Å². The van der Waals surface area contributed by atoms with E-state index in [0.717, 1.165) is 37.5 Å². The van der Waals surface area contributed by atoms with Gasteiger partial charge in [0, 0.05) is 24.3 Å². The molecule has 0 heterocycles. The number of unbranched alkanes of at least 4 members (excludes halogenated alkanes) is 1. The average molecular weight is 256 g/mol. The van der Waals surface area contributed by atoms with Crippen molar-refractivity contribution in [3.63, 3.8) is 0 Å². The van der Waals surface area contributed by atoms with Crippen molar-refractivity contribution in [3.8, 4) is 0 Å². The lowest BCUT2D eigenvalue weighted by molar-refractivity contribution is 0.124. The second-order valence-corrected chi connectivity index (χ2v) is 4.79. The summed E-state index contributed by atoms with van der Waals surface area (Å²) in [4.78, 5) is 0. The number of benzene rings is 1. The number of rotatable bonds is 8. The van der Waals surface area contributed by atoms with Gasteiger partial charge < -0.3 is 10.5 Å². The van der Waals surface area contributed by atoms with Crippen LogP contribution < -0.4 is 5.73 Å². The predicted molar refractivity (Wildman–Crippen MR) is 73.5 cm³/mol. The minimum atomic E-state index is 0.148. The van der Waals surface area contributed by atoms with Gasteiger partial charge >= 0.3 is 0 Å². The molecule has 96 valence electrons. The highest BCUT2D eigenvalue weighted by atomic mass is 35.5. The van der Waals surface area contributed by atoms with Gasteiger partial charge in [0.05, 0.1) is 0 Å². The summed E-state index contributed by atoms with van der Waals surface area (Å²) < 4.78 is 5.50. The largest absolute Gasteiger partial charge is 0.381 e. The molecule has 0 amide bonds. The fourth-order valence-electron chi connectivity index (χ4n) is 1.65.